The summed E-state index contributed by atoms with van der Waals surface area (Å²) in [4.78, 5) is 31.7. The van der Waals surface area contributed by atoms with Crippen LogP contribution in [0.1, 0.15) is 19.3 Å². The van der Waals surface area contributed by atoms with Crippen molar-refractivity contribution < 1.29 is 24.2 Å². The molecule has 0 saturated carbocycles. The van der Waals surface area contributed by atoms with Gasteiger partial charge in [0.05, 0.1) is 6.61 Å². The number of ether oxygens (including phenoxy) is 1. The van der Waals surface area contributed by atoms with Gasteiger partial charge in [0.15, 0.2) is 5.78 Å². The Morgan fingerprint density at radius 3 is 2.44 bits per heavy atom. The lowest BCUT2D eigenvalue weighted by Crippen LogP contribution is -2.04. The summed E-state index contributed by atoms with van der Waals surface area (Å²) in [5.74, 6) is -1.94. The van der Waals surface area contributed by atoms with Gasteiger partial charge < -0.3 is 9.84 Å². The van der Waals surface area contributed by atoms with Crippen LogP contribution >= 0.6 is 0 Å². The van der Waals surface area contributed by atoms with Crippen LogP contribution in [0.4, 0.5) is 0 Å². The van der Waals surface area contributed by atoms with Crippen LogP contribution in [0, 0.1) is 0 Å². The maximum absolute atomic E-state index is 10.8. The number of esters is 1. The number of aliphatic carboxylic acids is 1. The first-order valence-corrected chi connectivity index (χ1v) is 4.79. The molecule has 0 bridgehead atoms. The molecule has 0 aliphatic carbocycles. The highest BCUT2D eigenvalue weighted by atomic mass is 16.5. The first-order valence-electron chi connectivity index (χ1n) is 4.79. The molecule has 0 spiro atoms. The molecule has 0 aliphatic heterocycles. The van der Waals surface area contributed by atoms with E-state index in [-0.39, 0.29) is 12.4 Å². The van der Waals surface area contributed by atoms with Crippen molar-refractivity contribution in [3.8, 4) is 0 Å². The highest BCUT2D eigenvalue weighted by Crippen LogP contribution is 1.98. The van der Waals surface area contributed by atoms with E-state index in [1.54, 1.807) is 0 Å². The minimum atomic E-state index is -1.20. The minimum absolute atomic E-state index is 0.0444. The first-order chi connectivity index (χ1) is 7.56. The van der Waals surface area contributed by atoms with Crippen molar-refractivity contribution in [3.05, 3.63) is 24.8 Å². The quantitative estimate of drug-likeness (QED) is 0.380. The van der Waals surface area contributed by atoms with Gasteiger partial charge in [0.2, 0.25) is 0 Å². The van der Waals surface area contributed by atoms with Crippen LogP contribution in [0.2, 0.25) is 0 Å². The first kappa shape index (κ1) is 14.1. The molecule has 1 N–H and O–H groups in total. The third kappa shape index (κ3) is 8.68. The topological polar surface area (TPSA) is 80.7 Å². The Bertz CT molecular complexity index is 303. The lowest BCUT2D eigenvalue weighted by Gasteiger charge is -2.00. The van der Waals surface area contributed by atoms with E-state index < -0.39 is 11.9 Å². The van der Waals surface area contributed by atoms with Crippen LogP contribution < -0.4 is 0 Å². The Balaban J connectivity index is 3.52. The Hall–Kier alpha value is -1.91. The van der Waals surface area contributed by atoms with Crippen LogP contribution in [0.25, 0.3) is 0 Å². The molecule has 0 aromatic heterocycles. The molecule has 88 valence electrons. The number of carbonyl (C=O) groups excluding carboxylic acids is 2. The van der Waals surface area contributed by atoms with Crippen LogP contribution in [0.5, 0.6) is 0 Å². The molecule has 0 fully saturated rings. The average molecular weight is 226 g/mol. The van der Waals surface area contributed by atoms with Gasteiger partial charge in [-0.15, -0.1) is 0 Å². The molecule has 0 heterocycles. The maximum Gasteiger partial charge on any atom is 0.331 e. The second-order valence-corrected chi connectivity index (χ2v) is 2.97. The smallest absolute Gasteiger partial charge is 0.331 e. The highest BCUT2D eigenvalue weighted by molar-refractivity contribution is 5.90. The molecule has 0 aromatic rings. The standard InChI is InChI=1S/C11H14O5/c1-2-9(12)5-3-4-8-16-11(15)7-6-10(13)14/h2,6-7H,1,3-5,8H2,(H,13,14)/b7-6-. The molecule has 16 heavy (non-hydrogen) atoms. The van der Waals surface area contributed by atoms with E-state index in [0.29, 0.717) is 25.3 Å². The summed E-state index contributed by atoms with van der Waals surface area (Å²) in [6, 6.07) is 0. The fraction of sp³-hybridized carbons (Fsp3) is 0.364. The fourth-order valence-electron chi connectivity index (χ4n) is 0.864. The molecule has 0 radical (unpaired) electrons. The number of hydrogen-bond acceptors (Lipinski definition) is 4. The summed E-state index contributed by atoms with van der Waals surface area (Å²) in [7, 11) is 0. The van der Waals surface area contributed by atoms with Gasteiger partial charge >= 0.3 is 11.9 Å². The summed E-state index contributed by atoms with van der Waals surface area (Å²) in [5, 5.41) is 8.22. The van der Waals surface area contributed by atoms with Crippen molar-refractivity contribution in [2.24, 2.45) is 0 Å². The Morgan fingerprint density at radius 2 is 1.88 bits per heavy atom. The predicted molar refractivity (Wildman–Crippen MR) is 56.8 cm³/mol. The monoisotopic (exact) mass is 226 g/mol. The molecular formula is C11H14O5. The van der Waals surface area contributed by atoms with Crippen molar-refractivity contribution in [2.45, 2.75) is 19.3 Å². The summed E-state index contributed by atoms with van der Waals surface area (Å²) in [6.07, 6.45) is 4.36. The van der Waals surface area contributed by atoms with Crippen molar-refractivity contribution in [2.75, 3.05) is 6.61 Å². The number of carbonyl (C=O) groups is 3. The molecule has 5 nitrogen and oxygen atoms in total. The van der Waals surface area contributed by atoms with Gasteiger partial charge in [-0.25, -0.2) is 9.59 Å². The third-order valence-corrected chi connectivity index (χ3v) is 1.65. The molecule has 0 saturated heterocycles. The summed E-state index contributed by atoms with van der Waals surface area (Å²) < 4.78 is 4.68. The Morgan fingerprint density at radius 1 is 1.19 bits per heavy atom. The normalized spacial score (nSPS) is 10.0. The largest absolute Gasteiger partial charge is 0.478 e. The van der Waals surface area contributed by atoms with E-state index in [2.05, 4.69) is 11.3 Å². The van der Waals surface area contributed by atoms with E-state index in [9.17, 15) is 14.4 Å². The fourth-order valence-corrected chi connectivity index (χ4v) is 0.864. The summed E-state index contributed by atoms with van der Waals surface area (Å²) in [6.45, 7) is 3.50. The van der Waals surface area contributed by atoms with Crippen molar-refractivity contribution >= 4 is 17.7 Å². The molecule has 5 heteroatoms. The van der Waals surface area contributed by atoms with Gasteiger partial charge in [0.1, 0.15) is 0 Å². The summed E-state index contributed by atoms with van der Waals surface area (Å²) in [5.41, 5.74) is 0. The van der Waals surface area contributed by atoms with Crippen LogP contribution in [-0.2, 0) is 19.1 Å². The number of unbranched alkanes of at least 4 members (excludes halogenated alkanes) is 1. The number of ketones is 1. The van der Waals surface area contributed by atoms with Gasteiger partial charge in [-0.2, -0.15) is 0 Å². The third-order valence-electron chi connectivity index (χ3n) is 1.65. The molecule has 0 aliphatic rings. The van der Waals surface area contributed by atoms with Crippen molar-refractivity contribution in [1.29, 1.82) is 0 Å². The number of hydrogen-bond donors (Lipinski definition) is 1. The lowest BCUT2D eigenvalue weighted by atomic mass is 10.2. The lowest BCUT2D eigenvalue weighted by molar-refractivity contribution is -0.138. The SMILES string of the molecule is C=CC(=O)CCCCOC(=O)/C=C\C(=O)O. The van der Waals surface area contributed by atoms with E-state index >= 15 is 0 Å². The molecular weight excluding hydrogens is 212 g/mol. The van der Waals surface area contributed by atoms with Crippen LogP contribution in [-0.4, -0.2) is 29.4 Å². The number of carboxylic acid groups (broad SMARTS) is 1. The molecule has 0 amide bonds. The van der Waals surface area contributed by atoms with Gasteiger partial charge in [0.25, 0.3) is 0 Å². The minimum Gasteiger partial charge on any atom is -0.478 e. The van der Waals surface area contributed by atoms with E-state index in [4.69, 9.17) is 5.11 Å². The van der Waals surface area contributed by atoms with E-state index in [0.717, 1.165) is 6.08 Å². The average Bonchev–Trinajstić information content (AvgIpc) is 2.25. The zero-order chi connectivity index (χ0) is 12.4. The second-order valence-electron chi connectivity index (χ2n) is 2.97. The van der Waals surface area contributed by atoms with E-state index in [1.165, 1.54) is 6.08 Å². The second kappa shape index (κ2) is 8.40. The van der Waals surface area contributed by atoms with E-state index in [1.807, 2.05) is 0 Å². The zero-order valence-electron chi connectivity index (χ0n) is 8.85. The molecule has 0 atom stereocenters. The van der Waals surface area contributed by atoms with Crippen molar-refractivity contribution in [3.63, 3.8) is 0 Å². The van der Waals surface area contributed by atoms with Gasteiger partial charge in [-0.05, 0) is 18.9 Å². The molecule has 0 unspecified atom stereocenters. The van der Waals surface area contributed by atoms with Crippen molar-refractivity contribution in [1.82, 2.24) is 0 Å². The Labute approximate surface area is 93.4 Å². The van der Waals surface area contributed by atoms with Gasteiger partial charge in [-0.1, -0.05) is 6.58 Å². The molecule has 0 rings (SSSR count). The number of allylic oxidation sites excluding steroid dienone is 1. The summed E-state index contributed by atoms with van der Waals surface area (Å²) >= 11 is 0. The van der Waals surface area contributed by atoms with Crippen LogP contribution in [0.3, 0.4) is 0 Å². The number of carboxylic acids is 1. The Kier molecular flexibility index (Phi) is 7.40. The van der Waals surface area contributed by atoms with Crippen LogP contribution in [0.15, 0.2) is 24.8 Å². The molecule has 0 aromatic carbocycles. The van der Waals surface area contributed by atoms with Gasteiger partial charge in [-0.3, -0.25) is 4.79 Å². The zero-order valence-corrected chi connectivity index (χ0v) is 8.85. The predicted octanol–water partition coefficient (Wildman–Crippen LogP) is 1.10. The maximum atomic E-state index is 10.8. The highest BCUT2D eigenvalue weighted by Gasteiger charge is 1.99. The number of rotatable bonds is 8. The van der Waals surface area contributed by atoms with Gasteiger partial charge in [0, 0.05) is 18.6 Å².